The van der Waals surface area contributed by atoms with Gasteiger partial charge >= 0.3 is 6.03 Å². The fourth-order valence-corrected chi connectivity index (χ4v) is 3.01. The fraction of sp³-hybridized carbons (Fsp3) is 0.429. The lowest BCUT2D eigenvalue weighted by molar-refractivity contribution is -0.162. The summed E-state index contributed by atoms with van der Waals surface area (Å²) in [6, 6.07) is 8.85. The van der Waals surface area contributed by atoms with Crippen molar-refractivity contribution in [3.8, 4) is 6.07 Å². The Hall–Kier alpha value is -2.09. The van der Waals surface area contributed by atoms with E-state index in [0.29, 0.717) is 31.4 Å². The summed E-state index contributed by atoms with van der Waals surface area (Å²) < 4.78 is 13.3. The number of hydrogen-bond acceptors (Lipinski definition) is 2. The highest BCUT2D eigenvalue weighted by Crippen LogP contribution is 2.62. The van der Waals surface area contributed by atoms with Gasteiger partial charge in [0.05, 0.1) is 17.2 Å². The number of urea groups is 1. The first-order valence-electron chi connectivity index (χ1n) is 6.27. The van der Waals surface area contributed by atoms with Gasteiger partial charge in [0.2, 0.25) is 0 Å². The minimum atomic E-state index is -1.01. The fourth-order valence-electron chi connectivity index (χ4n) is 3.01. The number of rotatable bonds is 3. The number of alkyl halides is 1. The molecule has 4 nitrogen and oxygen atoms in total. The Kier molecular flexibility index (Phi) is 2.49. The van der Waals surface area contributed by atoms with E-state index >= 15 is 0 Å². The largest absolute Gasteiger partial charge is 0.334 e. The van der Waals surface area contributed by atoms with Crippen LogP contribution in [0.5, 0.6) is 0 Å². The molecule has 2 bridgehead atoms. The first-order chi connectivity index (χ1) is 9.03. The van der Waals surface area contributed by atoms with Crippen molar-refractivity contribution in [3.05, 3.63) is 35.4 Å². The lowest BCUT2D eigenvalue weighted by Gasteiger charge is -2.65. The zero-order valence-corrected chi connectivity index (χ0v) is 10.4. The minimum absolute atomic E-state index is 0.274. The summed E-state index contributed by atoms with van der Waals surface area (Å²) in [5.41, 5.74) is 0.133. The Morgan fingerprint density at radius 1 is 1.42 bits per heavy atom. The van der Waals surface area contributed by atoms with Crippen molar-refractivity contribution in [1.29, 1.82) is 5.26 Å². The van der Waals surface area contributed by atoms with Gasteiger partial charge in [-0.15, -0.1) is 0 Å². The van der Waals surface area contributed by atoms with E-state index in [-0.39, 0.29) is 11.6 Å². The van der Waals surface area contributed by atoms with Gasteiger partial charge in [0.25, 0.3) is 0 Å². The molecule has 0 heterocycles. The van der Waals surface area contributed by atoms with E-state index in [9.17, 15) is 9.18 Å². The molecule has 3 saturated carbocycles. The summed E-state index contributed by atoms with van der Waals surface area (Å²) in [7, 11) is 0. The molecule has 0 spiro atoms. The number of hydrogen-bond donors (Lipinski definition) is 2. The van der Waals surface area contributed by atoms with Crippen LogP contribution in [0.15, 0.2) is 24.3 Å². The van der Waals surface area contributed by atoms with Crippen molar-refractivity contribution >= 4 is 6.03 Å². The van der Waals surface area contributed by atoms with Gasteiger partial charge in [-0.1, -0.05) is 12.1 Å². The lowest BCUT2D eigenvalue weighted by Crippen LogP contribution is -2.77. The van der Waals surface area contributed by atoms with Crippen LogP contribution < -0.4 is 10.6 Å². The average Bonchev–Trinajstić information content (AvgIpc) is 2.33. The molecule has 1 aromatic rings. The van der Waals surface area contributed by atoms with Crippen LogP contribution in [0.3, 0.4) is 0 Å². The number of halogens is 1. The molecule has 98 valence electrons. The highest BCUT2D eigenvalue weighted by molar-refractivity contribution is 5.75. The lowest BCUT2D eigenvalue weighted by atomic mass is 9.47. The molecule has 2 N–H and O–H groups in total. The van der Waals surface area contributed by atoms with Gasteiger partial charge in [-0.3, -0.25) is 0 Å². The molecule has 0 aliphatic heterocycles. The Balaban J connectivity index is 1.49. The highest BCUT2D eigenvalue weighted by atomic mass is 19.1. The molecule has 5 heteroatoms. The summed E-state index contributed by atoms with van der Waals surface area (Å²) in [6.07, 6.45) is 1.33. The minimum Gasteiger partial charge on any atom is -0.334 e. The second kappa shape index (κ2) is 3.95. The predicted molar refractivity (Wildman–Crippen MR) is 66.9 cm³/mol. The normalized spacial score (nSPS) is 30.5. The number of nitrogens with zero attached hydrogens (tertiary/aromatic N) is 1. The first-order valence-corrected chi connectivity index (χ1v) is 6.27. The maximum absolute atomic E-state index is 13.3. The van der Waals surface area contributed by atoms with Crippen LogP contribution in [0.2, 0.25) is 0 Å². The Morgan fingerprint density at radius 3 is 2.79 bits per heavy atom. The molecule has 4 rings (SSSR count). The summed E-state index contributed by atoms with van der Waals surface area (Å²) in [6.45, 7) is 0.359. The van der Waals surface area contributed by atoms with Crippen LogP contribution in [0.4, 0.5) is 9.18 Å². The van der Waals surface area contributed by atoms with E-state index in [1.165, 1.54) is 0 Å². The topological polar surface area (TPSA) is 64.9 Å². The van der Waals surface area contributed by atoms with Crippen LogP contribution in [-0.4, -0.2) is 17.2 Å². The summed E-state index contributed by atoms with van der Waals surface area (Å²) in [5, 5.41) is 14.3. The third-order valence-electron chi connectivity index (χ3n) is 3.85. The van der Waals surface area contributed by atoms with Gasteiger partial charge in [0.1, 0.15) is 5.67 Å². The zero-order chi connectivity index (χ0) is 13.5. The predicted octanol–water partition coefficient (Wildman–Crippen LogP) is 2.00. The maximum atomic E-state index is 13.3. The van der Waals surface area contributed by atoms with Crippen LogP contribution >= 0.6 is 0 Å². The molecule has 0 unspecified atom stereocenters. The molecule has 0 saturated heterocycles. The number of carbonyl (C=O) groups is 1. The SMILES string of the molecule is N#Cc1cccc(CNC(=O)NC23CC(F)(C2)C3)c1. The second-order valence-corrected chi connectivity index (χ2v) is 5.58. The molecular weight excluding hydrogens is 245 g/mol. The van der Waals surface area contributed by atoms with E-state index in [0.717, 1.165) is 5.56 Å². The third-order valence-corrected chi connectivity index (χ3v) is 3.85. The van der Waals surface area contributed by atoms with Crippen molar-refractivity contribution in [2.45, 2.75) is 37.0 Å². The number of benzene rings is 1. The summed E-state index contributed by atoms with van der Waals surface area (Å²) >= 11 is 0. The molecule has 2 amide bonds. The van der Waals surface area contributed by atoms with Gasteiger partial charge in [0.15, 0.2) is 0 Å². The quantitative estimate of drug-likeness (QED) is 0.872. The van der Waals surface area contributed by atoms with E-state index in [2.05, 4.69) is 16.7 Å². The molecule has 19 heavy (non-hydrogen) atoms. The van der Waals surface area contributed by atoms with E-state index in [1.54, 1.807) is 18.2 Å². The molecular formula is C14H14FN3O. The molecule has 1 aromatic carbocycles. The molecule has 0 radical (unpaired) electrons. The standard InChI is InChI=1S/C14H14FN3O/c15-13-7-14(8-13,9-13)18-12(19)17-6-11-3-1-2-10(4-11)5-16/h1-4H,6-9H2,(H2,17,18,19). The summed E-state index contributed by atoms with van der Waals surface area (Å²) in [5.74, 6) is 0. The van der Waals surface area contributed by atoms with Crippen molar-refractivity contribution in [2.24, 2.45) is 0 Å². The molecule has 0 aromatic heterocycles. The number of nitrogens with one attached hydrogen (secondary N) is 2. The number of carbonyl (C=O) groups excluding carboxylic acids is 1. The molecule has 3 aliphatic carbocycles. The monoisotopic (exact) mass is 259 g/mol. The van der Waals surface area contributed by atoms with Crippen molar-refractivity contribution in [1.82, 2.24) is 10.6 Å². The van der Waals surface area contributed by atoms with Gasteiger partial charge < -0.3 is 10.6 Å². The Morgan fingerprint density at radius 2 is 2.16 bits per heavy atom. The van der Waals surface area contributed by atoms with Crippen molar-refractivity contribution in [3.63, 3.8) is 0 Å². The smallest absolute Gasteiger partial charge is 0.315 e. The average molecular weight is 259 g/mol. The van der Waals surface area contributed by atoms with Gasteiger partial charge in [-0.2, -0.15) is 5.26 Å². The van der Waals surface area contributed by atoms with Gasteiger partial charge in [-0.25, -0.2) is 9.18 Å². The van der Waals surface area contributed by atoms with Crippen LogP contribution in [-0.2, 0) is 6.54 Å². The van der Waals surface area contributed by atoms with E-state index < -0.39 is 5.67 Å². The van der Waals surface area contributed by atoms with E-state index in [4.69, 9.17) is 5.26 Å². The van der Waals surface area contributed by atoms with Gasteiger partial charge in [-0.05, 0) is 17.7 Å². The Bertz CT molecular complexity index is 559. The molecule has 0 atom stereocenters. The van der Waals surface area contributed by atoms with Crippen molar-refractivity contribution in [2.75, 3.05) is 0 Å². The van der Waals surface area contributed by atoms with Crippen LogP contribution in [0.1, 0.15) is 30.4 Å². The number of nitriles is 1. The maximum Gasteiger partial charge on any atom is 0.315 e. The van der Waals surface area contributed by atoms with Gasteiger partial charge in [0, 0.05) is 25.8 Å². The third kappa shape index (κ3) is 2.14. The molecule has 3 aliphatic rings. The second-order valence-electron chi connectivity index (χ2n) is 5.58. The zero-order valence-electron chi connectivity index (χ0n) is 10.4. The molecule has 3 fully saturated rings. The summed E-state index contributed by atoms with van der Waals surface area (Å²) in [4.78, 5) is 11.7. The van der Waals surface area contributed by atoms with Crippen LogP contribution in [0, 0.1) is 11.3 Å². The first kappa shape index (κ1) is 12.0. The number of amides is 2. The van der Waals surface area contributed by atoms with Crippen molar-refractivity contribution < 1.29 is 9.18 Å². The highest BCUT2D eigenvalue weighted by Gasteiger charge is 2.69. The Labute approximate surface area is 110 Å². The van der Waals surface area contributed by atoms with E-state index in [1.807, 2.05) is 6.07 Å². The van der Waals surface area contributed by atoms with Crippen LogP contribution in [0.25, 0.3) is 0 Å².